The Balaban J connectivity index is 1.60. The normalized spacial score (nSPS) is 17.8. The van der Waals surface area contributed by atoms with Crippen molar-refractivity contribution in [2.75, 3.05) is 46.0 Å². The molecule has 0 radical (unpaired) electrons. The number of aryl methyl sites for hydroxylation is 1. The van der Waals surface area contributed by atoms with Crippen LogP contribution in [0.2, 0.25) is 0 Å². The lowest BCUT2D eigenvalue weighted by Crippen LogP contribution is -2.48. The van der Waals surface area contributed by atoms with Crippen LogP contribution < -0.4 is 4.74 Å². The van der Waals surface area contributed by atoms with Gasteiger partial charge in [0.05, 0.1) is 42.2 Å². The van der Waals surface area contributed by atoms with Crippen LogP contribution in [0.5, 0.6) is 5.75 Å². The molecule has 3 aromatic rings. The molecule has 2 aliphatic rings. The number of benzene rings is 2. The second-order valence-corrected chi connectivity index (χ2v) is 10.4. The lowest BCUT2D eigenvalue weighted by molar-refractivity contribution is -0.137. The topological polar surface area (TPSA) is 75.1 Å². The summed E-state index contributed by atoms with van der Waals surface area (Å²) in [6.07, 6.45) is -2.68. The maximum atomic E-state index is 13.6. The maximum absolute atomic E-state index is 13.6. The van der Waals surface area contributed by atoms with Crippen LogP contribution in [0, 0.1) is 6.92 Å². The van der Waals surface area contributed by atoms with E-state index in [0.717, 1.165) is 64.4 Å². The molecule has 0 aliphatic carbocycles. The monoisotopic (exact) mass is 557 g/mol. The van der Waals surface area contributed by atoms with Gasteiger partial charge in [-0.1, -0.05) is 12.1 Å². The first kappa shape index (κ1) is 28.3. The molecular formula is C30H34F3N3O4. The average Bonchev–Trinajstić information content (AvgIpc) is 2.95. The van der Waals surface area contributed by atoms with Crippen LogP contribution in [-0.2, 0) is 17.5 Å². The van der Waals surface area contributed by atoms with Crippen molar-refractivity contribution in [3.63, 3.8) is 0 Å². The predicted molar refractivity (Wildman–Crippen MR) is 146 cm³/mol. The molecule has 2 saturated heterocycles. The number of carboxylic acids is 1. The zero-order chi connectivity index (χ0) is 28.4. The third-order valence-electron chi connectivity index (χ3n) is 7.94. The van der Waals surface area contributed by atoms with Gasteiger partial charge in [0.15, 0.2) is 0 Å². The van der Waals surface area contributed by atoms with Crippen LogP contribution in [-0.4, -0.2) is 77.9 Å². The highest BCUT2D eigenvalue weighted by Gasteiger charge is 2.32. The Morgan fingerprint density at radius 1 is 1.12 bits per heavy atom. The molecule has 1 aromatic heterocycles. The quantitative estimate of drug-likeness (QED) is 0.404. The Labute approximate surface area is 231 Å². The minimum Gasteiger partial charge on any atom is -0.494 e. The van der Waals surface area contributed by atoms with Gasteiger partial charge >= 0.3 is 12.1 Å². The van der Waals surface area contributed by atoms with Gasteiger partial charge in [0.2, 0.25) is 0 Å². The number of carbonyl (C=O) groups is 1. The number of carboxylic acid groups (broad SMARTS) is 1. The van der Waals surface area contributed by atoms with Crippen LogP contribution >= 0.6 is 0 Å². The fourth-order valence-electron chi connectivity index (χ4n) is 5.94. The number of likely N-dealkylation sites (tertiary alicyclic amines) is 1. The van der Waals surface area contributed by atoms with E-state index in [4.69, 9.17) is 14.5 Å². The molecule has 0 atom stereocenters. The molecule has 5 rings (SSSR count). The second kappa shape index (κ2) is 11.7. The summed E-state index contributed by atoms with van der Waals surface area (Å²) in [5.74, 6) is -0.584. The number of halogens is 3. The number of fused-ring (bicyclic) bond motifs is 1. The zero-order valence-electron chi connectivity index (χ0n) is 22.8. The van der Waals surface area contributed by atoms with Crippen molar-refractivity contribution < 1.29 is 32.5 Å². The summed E-state index contributed by atoms with van der Waals surface area (Å²) < 4.78 is 52.1. The van der Waals surface area contributed by atoms with Crippen molar-refractivity contribution >= 4 is 16.9 Å². The van der Waals surface area contributed by atoms with E-state index < -0.39 is 17.7 Å². The van der Waals surface area contributed by atoms with E-state index >= 15 is 0 Å². The number of hydrogen-bond acceptors (Lipinski definition) is 6. The number of morpholine rings is 1. The van der Waals surface area contributed by atoms with Crippen LogP contribution in [0.4, 0.5) is 13.2 Å². The number of aromatic carboxylic acids is 1. The summed E-state index contributed by atoms with van der Waals surface area (Å²) in [6.45, 7) is 9.10. The van der Waals surface area contributed by atoms with Gasteiger partial charge in [-0.25, -0.2) is 9.78 Å². The molecule has 3 heterocycles. The van der Waals surface area contributed by atoms with E-state index in [1.807, 2.05) is 6.92 Å². The third-order valence-corrected chi connectivity index (χ3v) is 7.94. The van der Waals surface area contributed by atoms with Gasteiger partial charge in [0.1, 0.15) is 5.75 Å². The largest absolute Gasteiger partial charge is 0.494 e. The molecule has 214 valence electrons. The number of pyridine rings is 1. The van der Waals surface area contributed by atoms with Crippen molar-refractivity contribution in [2.24, 2.45) is 0 Å². The first-order chi connectivity index (χ1) is 19.2. The molecule has 40 heavy (non-hydrogen) atoms. The van der Waals surface area contributed by atoms with Crippen LogP contribution in [0.15, 0.2) is 36.4 Å². The van der Waals surface area contributed by atoms with E-state index in [9.17, 15) is 23.1 Å². The summed E-state index contributed by atoms with van der Waals surface area (Å²) in [5, 5.41) is 11.0. The lowest BCUT2D eigenvalue weighted by Gasteiger charge is -2.40. The smallest absolute Gasteiger partial charge is 0.416 e. The molecule has 10 heteroatoms. The molecule has 0 bridgehead atoms. The van der Waals surface area contributed by atoms with Gasteiger partial charge in [-0.3, -0.25) is 9.80 Å². The summed E-state index contributed by atoms with van der Waals surface area (Å²) in [4.78, 5) is 22.3. The summed E-state index contributed by atoms with van der Waals surface area (Å²) >= 11 is 0. The van der Waals surface area contributed by atoms with Gasteiger partial charge in [0, 0.05) is 47.8 Å². The predicted octanol–water partition coefficient (Wildman–Crippen LogP) is 5.62. The van der Waals surface area contributed by atoms with Crippen molar-refractivity contribution in [1.82, 2.24) is 14.8 Å². The highest BCUT2D eigenvalue weighted by Crippen LogP contribution is 2.38. The molecule has 1 N–H and O–H groups in total. The van der Waals surface area contributed by atoms with Gasteiger partial charge in [-0.05, 0) is 64.0 Å². The highest BCUT2D eigenvalue weighted by molar-refractivity contribution is 6.07. The third kappa shape index (κ3) is 5.80. The highest BCUT2D eigenvalue weighted by atomic mass is 19.4. The molecule has 0 unspecified atom stereocenters. The molecule has 0 amide bonds. The zero-order valence-corrected chi connectivity index (χ0v) is 22.8. The SMILES string of the molecule is CCOc1ccc2nc(-c3cccc(C(F)(F)F)c3)c(CN3CCC(N4CCOCC4)CC3)c(C(=O)O)c2c1C. The second-order valence-electron chi connectivity index (χ2n) is 10.4. The Morgan fingerprint density at radius 2 is 1.85 bits per heavy atom. The van der Waals surface area contributed by atoms with Gasteiger partial charge in [-0.15, -0.1) is 0 Å². The van der Waals surface area contributed by atoms with Crippen molar-refractivity contribution in [1.29, 1.82) is 0 Å². The number of nitrogens with zero attached hydrogens (tertiary/aromatic N) is 3. The molecule has 0 spiro atoms. The van der Waals surface area contributed by atoms with Crippen molar-refractivity contribution in [2.45, 2.75) is 45.5 Å². The average molecular weight is 558 g/mol. The fraction of sp³-hybridized carbons (Fsp3) is 0.467. The lowest BCUT2D eigenvalue weighted by atomic mass is 9.92. The Kier molecular flexibility index (Phi) is 8.30. The standard InChI is InChI=1S/C30H34F3N3O4/c1-3-40-25-8-7-24-26(19(25)2)27(29(37)38)23(28(34-24)20-5-4-6-21(17-20)30(31,32)33)18-35-11-9-22(10-12-35)36-13-15-39-16-14-36/h4-8,17,22H,3,9-16,18H2,1-2H3,(H,37,38). The van der Waals surface area contributed by atoms with Crippen LogP contribution in [0.25, 0.3) is 22.2 Å². The van der Waals surface area contributed by atoms with E-state index in [-0.39, 0.29) is 23.4 Å². The fourth-order valence-corrected chi connectivity index (χ4v) is 5.94. The Morgan fingerprint density at radius 3 is 2.50 bits per heavy atom. The van der Waals surface area contributed by atoms with E-state index in [2.05, 4.69) is 9.80 Å². The van der Waals surface area contributed by atoms with E-state index in [1.54, 1.807) is 25.1 Å². The number of aromatic nitrogens is 1. The number of alkyl halides is 3. The Bertz CT molecular complexity index is 1380. The number of piperidine rings is 1. The van der Waals surface area contributed by atoms with Gasteiger partial charge in [0.25, 0.3) is 0 Å². The molecule has 0 saturated carbocycles. The summed E-state index contributed by atoms with van der Waals surface area (Å²) in [7, 11) is 0. The molecular weight excluding hydrogens is 523 g/mol. The van der Waals surface area contributed by atoms with E-state index in [1.165, 1.54) is 6.07 Å². The minimum absolute atomic E-state index is 0.0618. The van der Waals surface area contributed by atoms with Gasteiger partial charge in [-0.2, -0.15) is 13.2 Å². The van der Waals surface area contributed by atoms with Crippen molar-refractivity contribution in [3.05, 3.63) is 58.7 Å². The number of hydrogen-bond donors (Lipinski definition) is 1. The molecule has 2 fully saturated rings. The van der Waals surface area contributed by atoms with Crippen LogP contribution in [0.3, 0.4) is 0 Å². The first-order valence-corrected chi connectivity index (χ1v) is 13.7. The van der Waals surface area contributed by atoms with Crippen LogP contribution in [0.1, 0.15) is 46.8 Å². The Hall–Kier alpha value is -3.21. The van der Waals surface area contributed by atoms with E-state index in [0.29, 0.717) is 40.4 Å². The first-order valence-electron chi connectivity index (χ1n) is 13.7. The molecule has 2 aliphatic heterocycles. The number of ether oxygens (including phenoxy) is 2. The summed E-state index contributed by atoms with van der Waals surface area (Å²) in [6, 6.07) is 8.80. The maximum Gasteiger partial charge on any atom is 0.416 e. The molecule has 7 nitrogen and oxygen atoms in total. The molecule has 2 aromatic carbocycles. The number of rotatable bonds is 7. The minimum atomic E-state index is -4.53. The van der Waals surface area contributed by atoms with Crippen molar-refractivity contribution in [3.8, 4) is 17.0 Å². The van der Waals surface area contributed by atoms with Gasteiger partial charge < -0.3 is 14.6 Å². The summed E-state index contributed by atoms with van der Waals surface area (Å²) in [5.41, 5.74) is 1.23.